The lowest BCUT2D eigenvalue weighted by Crippen LogP contribution is -2.45. The van der Waals surface area contributed by atoms with Crippen LogP contribution in [0.1, 0.15) is 277 Å². The lowest BCUT2D eigenvalue weighted by atomic mass is 10.0. The van der Waals surface area contributed by atoms with Crippen LogP contribution >= 0.6 is 0 Å². The Morgan fingerprint density at radius 3 is 1.22 bits per heavy atom. The average molecular weight is 832 g/mol. The molecule has 0 fully saturated rings. The Morgan fingerprint density at radius 1 is 0.458 bits per heavy atom. The van der Waals surface area contributed by atoms with Crippen molar-refractivity contribution >= 4 is 11.9 Å². The first-order valence-corrected chi connectivity index (χ1v) is 26.1. The SMILES string of the molecule is CCCCCCCCCC/C=C/C(O)C(CO)NC(=O)CCCCC/C=C\CCCCCCCCOC(=O)CCCCCCCCCCCCCCCCCCCCC. The third-order valence-corrected chi connectivity index (χ3v) is 12.0. The minimum absolute atomic E-state index is 0.00994. The van der Waals surface area contributed by atoms with Gasteiger partial charge in [0.25, 0.3) is 0 Å². The van der Waals surface area contributed by atoms with Crippen molar-refractivity contribution < 1.29 is 24.5 Å². The van der Waals surface area contributed by atoms with E-state index in [9.17, 15) is 19.8 Å². The predicted octanol–water partition coefficient (Wildman–Crippen LogP) is 15.5. The number of amides is 1. The van der Waals surface area contributed by atoms with E-state index in [1.807, 2.05) is 6.08 Å². The normalized spacial score (nSPS) is 12.8. The number of ether oxygens (including phenoxy) is 1. The molecular formula is C53H101NO5. The zero-order chi connectivity index (χ0) is 43.0. The van der Waals surface area contributed by atoms with E-state index >= 15 is 0 Å². The van der Waals surface area contributed by atoms with Crippen LogP contribution in [0.2, 0.25) is 0 Å². The van der Waals surface area contributed by atoms with E-state index in [4.69, 9.17) is 4.74 Å². The summed E-state index contributed by atoms with van der Waals surface area (Å²) in [5, 5.41) is 22.9. The molecule has 6 heteroatoms. The van der Waals surface area contributed by atoms with Crippen molar-refractivity contribution in [1.82, 2.24) is 5.32 Å². The largest absolute Gasteiger partial charge is 0.466 e. The molecule has 1 amide bonds. The van der Waals surface area contributed by atoms with Crippen molar-refractivity contribution in [2.24, 2.45) is 0 Å². The fraction of sp³-hybridized carbons (Fsp3) is 0.887. The number of aliphatic hydroxyl groups excluding tert-OH is 2. The summed E-state index contributed by atoms with van der Waals surface area (Å²) in [5.74, 6) is -0.110. The molecule has 6 nitrogen and oxygen atoms in total. The first-order valence-electron chi connectivity index (χ1n) is 26.1. The third-order valence-electron chi connectivity index (χ3n) is 12.0. The molecular weight excluding hydrogens is 731 g/mol. The fourth-order valence-corrected chi connectivity index (χ4v) is 7.92. The van der Waals surface area contributed by atoms with Crippen LogP contribution in [-0.2, 0) is 14.3 Å². The average Bonchev–Trinajstić information content (AvgIpc) is 3.24. The number of carbonyl (C=O) groups excluding carboxylic acids is 2. The highest BCUT2D eigenvalue weighted by Crippen LogP contribution is 2.16. The summed E-state index contributed by atoms with van der Waals surface area (Å²) in [7, 11) is 0. The van der Waals surface area contributed by atoms with Gasteiger partial charge in [-0.3, -0.25) is 9.59 Å². The zero-order valence-electron chi connectivity index (χ0n) is 39.5. The molecule has 0 aromatic carbocycles. The second-order valence-electron chi connectivity index (χ2n) is 17.9. The van der Waals surface area contributed by atoms with Crippen molar-refractivity contribution in [3.8, 4) is 0 Å². The Hall–Kier alpha value is -1.66. The maximum Gasteiger partial charge on any atom is 0.305 e. The van der Waals surface area contributed by atoms with Gasteiger partial charge in [-0.2, -0.15) is 0 Å². The van der Waals surface area contributed by atoms with Crippen LogP contribution in [0.5, 0.6) is 0 Å². The van der Waals surface area contributed by atoms with Gasteiger partial charge in [0.1, 0.15) is 0 Å². The van der Waals surface area contributed by atoms with Gasteiger partial charge < -0.3 is 20.3 Å². The molecule has 0 saturated carbocycles. The molecule has 2 atom stereocenters. The summed E-state index contributed by atoms with van der Waals surface area (Å²) in [4.78, 5) is 24.4. The van der Waals surface area contributed by atoms with Crippen LogP contribution in [0.15, 0.2) is 24.3 Å². The standard InChI is InChI=1S/C53H101NO5/c1-3-5-7-9-11-13-15-16-17-18-19-20-21-24-27-31-35-39-43-47-53(58)59-48-44-40-36-32-28-25-22-23-26-30-34-38-42-46-52(57)54-50(49-55)51(56)45-41-37-33-29-14-12-10-8-6-4-2/h23,26,41,45,50-51,55-56H,3-22,24-25,27-40,42-44,46-49H2,1-2H3,(H,54,57)/b26-23-,45-41+. The van der Waals surface area contributed by atoms with E-state index in [1.165, 1.54) is 180 Å². The number of hydrogen-bond acceptors (Lipinski definition) is 5. The lowest BCUT2D eigenvalue weighted by Gasteiger charge is -2.19. The van der Waals surface area contributed by atoms with E-state index in [-0.39, 0.29) is 18.5 Å². The van der Waals surface area contributed by atoms with Gasteiger partial charge in [0.2, 0.25) is 5.91 Å². The lowest BCUT2D eigenvalue weighted by molar-refractivity contribution is -0.143. The van der Waals surface area contributed by atoms with Gasteiger partial charge in [-0.1, -0.05) is 231 Å². The molecule has 0 heterocycles. The Labute approximate surface area is 367 Å². The number of aliphatic hydroxyl groups is 2. The molecule has 0 rings (SSSR count). The minimum Gasteiger partial charge on any atom is -0.466 e. The second kappa shape index (κ2) is 49.0. The summed E-state index contributed by atoms with van der Waals surface area (Å²) >= 11 is 0. The van der Waals surface area contributed by atoms with Crippen LogP contribution in [0.4, 0.5) is 0 Å². The molecule has 0 saturated heterocycles. The predicted molar refractivity (Wildman–Crippen MR) is 255 cm³/mol. The summed E-state index contributed by atoms with van der Waals surface area (Å²) in [5.41, 5.74) is 0. The molecule has 0 aromatic rings. The number of unbranched alkanes of at least 4 members (excludes halogenated alkanes) is 35. The zero-order valence-corrected chi connectivity index (χ0v) is 39.5. The van der Waals surface area contributed by atoms with Crippen molar-refractivity contribution in [1.29, 1.82) is 0 Å². The van der Waals surface area contributed by atoms with E-state index in [1.54, 1.807) is 6.08 Å². The highest BCUT2D eigenvalue weighted by Gasteiger charge is 2.18. The number of hydrogen-bond donors (Lipinski definition) is 3. The molecule has 0 aliphatic carbocycles. The molecule has 0 aliphatic rings. The monoisotopic (exact) mass is 832 g/mol. The molecule has 3 N–H and O–H groups in total. The molecule has 0 spiro atoms. The Balaban J connectivity index is 3.46. The van der Waals surface area contributed by atoms with Crippen molar-refractivity contribution in [3.63, 3.8) is 0 Å². The van der Waals surface area contributed by atoms with Crippen LogP contribution in [0.3, 0.4) is 0 Å². The van der Waals surface area contributed by atoms with Gasteiger partial charge in [0.15, 0.2) is 0 Å². The number of esters is 1. The van der Waals surface area contributed by atoms with Gasteiger partial charge in [-0.05, 0) is 57.8 Å². The molecule has 2 unspecified atom stereocenters. The van der Waals surface area contributed by atoms with Crippen molar-refractivity contribution in [2.45, 2.75) is 289 Å². The molecule has 348 valence electrons. The Kier molecular flexibility index (Phi) is 47.6. The van der Waals surface area contributed by atoms with Gasteiger partial charge >= 0.3 is 5.97 Å². The van der Waals surface area contributed by atoms with Crippen LogP contribution in [-0.4, -0.2) is 47.4 Å². The maximum atomic E-state index is 12.4. The van der Waals surface area contributed by atoms with Crippen LogP contribution in [0.25, 0.3) is 0 Å². The van der Waals surface area contributed by atoms with Gasteiger partial charge in [-0.15, -0.1) is 0 Å². The summed E-state index contributed by atoms with van der Waals surface area (Å²) in [6.07, 6.45) is 57.6. The highest BCUT2D eigenvalue weighted by atomic mass is 16.5. The molecule has 0 radical (unpaired) electrons. The Bertz CT molecular complexity index is 920. The third kappa shape index (κ3) is 45.7. The fourth-order valence-electron chi connectivity index (χ4n) is 7.92. The topological polar surface area (TPSA) is 95.9 Å². The number of allylic oxidation sites excluding steroid dienone is 3. The van der Waals surface area contributed by atoms with Crippen LogP contribution < -0.4 is 5.32 Å². The molecule has 0 aliphatic heterocycles. The number of carbonyl (C=O) groups is 2. The molecule has 0 aromatic heterocycles. The number of nitrogens with one attached hydrogen (secondary N) is 1. The van der Waals surface area contributed by atoms with E-state index < -0.39 is 12.1 Å². The number of rotatable bonds is 48. The van der Waals surface area contributed by atoms with E-state index in [2.05, 4.69) is 31.3 Å². The summed E-state index contributed by atoms with van der Waals surface area (Å²) in [6.45, 7) is 4.84. The highest BCUT2D eigenvalue weighted by molar-refractivity contribution is 5.76. The molecule has 59 heavy (non-hydrogen) atoms. The first kappa shape index (κ1) is 57.3. The summed E-state index contributed by atoms with van der Waals surface area (Å²) < 4.78 is 5.47. The minimum atomic E-state index is -0.859. The molecule has 0 bridgehead atoms. The second-order valence-corrected chi connectivity index (χ2v) is 17.9. The summed E-state index contributed by atoms with van der Waals surface area (Å²) in [6, 6.07) is -0.645. The van der Waals surface area contributed by atoms with E-state index in [0.29, 0.717) is 19.4 Å². The van der Waals surface area contributed by atoms with Gasteiger partial charge in [-0.25, -0.2) is 0 Å². The smallest absolute Gasteiger partial charge is 0.305 e. The van der Waals surface area contributed by atoms with Crippen LogP contribution in [0, 0.1) is 0 Å². The van der Waals surface area contributed by atoms with Gasteiger partial charge in [0.05, 0.1) is 25.4 Å². The van der Waals surface area contributed by atoms with Crippen molar-refractivity contribution in [2.75, 3.05) is 13.2 Å². The maximum absolute atomic E-state index is 12.4. The first-order chi connectivity index (χ1) is 29.0. The van der Waals surface area contributed by atoms with Crippen molar-refractivity contribution in [3.05, 3.63) is 24.3 Å². The van der Waals surface area contributed by atoms with Gasteiger partial charge in [0, 0.05) is 12.8 Å². The Morgan fingerprint density at radius 2 is 0.797 bits per heavy atom. The van der Waals surface area contributed by atoms with E-state index in [0.717, 1.165) is 70.6 Å². The quantitative estimate of drug-likeness (QED) is 0.0322.